The van der Waals surface area contributed by atoms with Crippen LogP contribution in [0.5, 0.6) is 0 Å². The summed E-state index contributed by atoms with van der Waals surface area (Å²) in [5.74, 6) is 5.38. The van der Waals surface area contributed by atoms with E-state index in [1.54, 1.807) is 24.1 Å². The number of carbonyl (C=O) groups excluding carboxylic acids is 1. The zero-order valence-corrected chi connectivity index (χ0v) is 11.8. The molecular weight excluding hydrogens is 250 g/mol. The van der Waals surface area contributed by atoms with Gasteiger partial charge in [0.2, 0.25) is 0 Å². The molecule has 0 unspecified atom stereocenters. The van der Waals surface area contributed by atoms with E-state index in [-0.39, 0.29) is 5.91 Å². The smallest absolute Gasteiger partial charge is 0.256 e. The minimum atomic E-state index is -0.0564. The van der Waals surface area contributed by atoms with Crippen LogP contribution in [-0.2, 0) is 6.54 Å². The second-order valence-electron chi connectivity index (χ2n) is 4.84. The molecule has 0 aliphatic carbocycles. The van der Waals surface area contributed by atoms with E-state index >= 15 is 0 Å². The first-order chi connectivity index (χ1) is 9.61. The topological polar surface area (TPSA) is 58.4 Å². The Morgan fingerprint density at radius 2 is 1.80 bits per heavy atom. The van der Waals surface area contributed by atoms with Crippen LogP contribution in [0.25, 0.3) is 0 Å². The quantitative estimate of drug-likeness (QED) is 0.662. The SMILES string of the molecule is Cc1ccc(CN(C)C(=O)c2ccccc2NN)cc1. The number of amides is 1. The maximum Gasteiger partial charge on any atom is 0.256 e. The molecule has 0 aliphatic rings. The number of benzene rings is 2. The fraction of sp³-hybridized carbons (Fsp3) is 0.188. The number of hydrazine groups is 1. The number of nitrogens with two attached hydrogens (primary N) is 1. The number of aryl methyl sites for hydroxylation is 1. The third kappa shape index (κ3) is 3.16. The first-order valence-corrected chi connectivity index (χ1v) is 6.48. The summed E-state index contributed by atoms with van der Waals surface area (Å²) in [5, 5.41) is 0. The Kier molecular flexibility index (Phi) is 4.38. The average Bonchev–Trinajstić information content (AvgIpc) is 2.48. The van der Waals surface area contributed by atoms with Crippen LogP contribution in [0.4, 0.5) is 5.69 Å². The molecule has 0 aromatic heterocycles. The summed E-state index contributed by atoms with van der Waals surface area (Å²) in [6.07, 6.45) is 0. The van der Waals surface area contributed by atoms with E-state index in [1.165, 1.54) is 5.56 Å². The summed E-state index contributed by atoms with van der Waals surface area (Å²) in [7, 11) is 1.79. The van der Waals surface area contributed by atoms with Gasteiger partial charge in [0.1, 0.15) is 0 Å². The van der Waals surface area contributed by atoms with Crippen molar-refractivity contribution in [2.24, 2.45) is 5.84 Å². The van der Waals surface area contributed by atoms with Gasteiger partial charge in [0.15, 0.2) is 0 Å². The minimum absolute atomic E-state index is 0.0564. The predicted octanol–water partition coefficient (Wildman–Crippen LogP) is 2.55. The van der Waals surface area contributed by atoms with Crippen molar-refractivity contribution in [1.82, 2.24) is 4.90 Å². The fourth-order valence-electron chi connectivity index (χ4n) is 2.04. The number of para-hydroxylation sites is 1. The number of nitrogen functional groups attached to an aromatic ring is 1. The van der Waals surface area contributed by atoms with Crippen LogP contribution < -0.4 is 11.3 Å². The molecule has 2 aromatic carbocycles. The number of hydrogen-bond donors (Lipinski definition) is 2. The van der Waals surface area contributed by atoms with E-state index in [4.69, 9.17) is 5.84 Å². The molecular formula is C16H19N3O. The van der Waals surface area contributed by atoms with E-state index in [1.807, 2.05) is 43.3 Å². The third-order valence-corrected chi connectivity index (χ3v) is 3.20. The summed E-state index contributed by atoms with van der Waals surface area (Å²) < 4.78 is 0. The summed E-state index contributed by atoms with van der Waals surface area (Å²) in [4.78, 5) is 14.1. The van der Waals surface area contributed by atoms with Gasteiger partial charge in [-0.3, -0.25) is 10.6 Å². The fourth-order valence-corrected chi connectivity index (χ4v) is 2.04. The Morgan fingerprint density at radius 1 is 1.15 bits per heavy atom. The van der Waals surface area contributed by atoms with E-state index in [0.29, 0.717) is 17.8 Å². The lowest BCUT2D eigenvalue weighted by Crippen LogP contribution is -2.27. The summed E-state index contributed by atoms with van der Waals surface area (Å²) in [6.45, 7) is 2.61. The molecule has 0 heterocycles. The van der Waals surface area contributed by atoms with Crippen LogP contribution in [0.15, 0.2) is 48.5 Å². The van der Waals surface area contributed by atoms with Crippen molar-refractivity contribution in [1.29, 1.82) is 0 Å². The van der Waals surface area contributed by atoms with E-state index in [9.17, 15) is 4.79 Å². The number of hydrogen-bond acceptors (Lipinski definition) is 3. The van der Waals surface area contributed by atoms with Crippen molar-refractivity contribution in [2.75, 3.05) is 12.5 Å². The maximum atomic E-state index is 12.4. The first kappa shape index (κ1) is 14.1. The molecule has 0 fully saturated rings. The van der Waals surface area contributed by atoms with Gasteiger partial charge in [0, 0.05) is 13.6 Å². The van der Waals surface area contributed by atoms with Gasteiger partial charge >= 0.3 is 0 Å². The molecule has 20 heavy (non-hydrogen) atoms. The van der Waals surface area contributed by atoms with E-state index < -0.39 is 0 Å². The normalized spacial score (nSPS) is 10.2. The Hall–Kier alpha value is -2.33. The molecule has 0 radical (unpaired) electrons. The Balaban J connectivity index is 2.14. The van der Waals surface area contributed by atoms with Gasteiger partial charge in [-0.05, 0) is 24.6 Å². The highest BCUT2D eigenvalue weighted by atomic mass is 16.2. The van der Waals surface area contributed by atoms with Gasteiger partial charge in [0.05, 0.1) is 11.3 Å². The van der Waals surface area contributed by atoms with Gasteiger partial charge in [-0.25, -0.2) is 0 Å². The number of rotatable bonds is 4. The van der Waals surface area contributed by atoms with Crippen molar-refractivity contribution in [2.45, 2.75) is 13.5 Å². The molecule has 0 saturated carbocycles. The van der Waals surface area contributed by atoms with Crippen LogP contribution in [0.2, 0.25) is 0 Å². The van der Waals surface area contributed by atoms with Crippen molar-refractivity contribution < 1.29 is 4.79 Å². The molecule has 0 saturated heterocycles. The van der Waals surface area contributed by atoms with Crippen molar-refractivity contribution >= 4 is 11.6 Å². The number of anilines is 1. The highest BCUT2D eigenvalue weighted by molar-refractivity contribution is 5.99. The van der Waals surface area contributed by atoms with Crippen LogP contribution >= 0.6 is 0 Å². The lowest BCUT2D eigenvalue weighted by Gasteiger charge is -2.19. The van der Waals surface area contributed by atoms with Gasteiger partial charge in [0.25, 0.3) is 5.91 Å². The third-order valence-electron chi connectivity index (χ3n) is 3.20. The van der Waals surface area contributed by atoms with Crippen molar-refractivity contribution in [3.05, 3.63) is 65.2 Å². The number of carbonyl (C=O) groups is 1. The number of nitrogens with zero attached hydrogens (tertiary/aromatic N) is 1. The van der Waals surface area contributed by atoms with E-state index in [2.05, 4.69) is 5.43 Å². The lowest BCUT2D eigenvalue weighted by molar-refractivity contribution is 0.0786. The average molecular weight is 269 g/mol. The second-order valence-corrected chi connectivity index (χ2v) is 4.84. The molecule has 4 heteroatoms. The molecule has 0 aliphatic heterocycles. The molecule has 0 atom stereocenters. The molecule has 4 nitrogen and oxygen atoms in total. The van der Waals surface area contributed by atoms with Gasteiger partial charge < -0.3 is 10.3 Å². The zero-order chi connectivity index (χ0) is 14.5. The van der Waals surface area contributed by atoms with Crippen LogP contribution in [-0.4, -0.2) is 17.9 Å². The van der Waals surface area contributed by atoms with Crippen molar-refractivity contribution in [3.8, 4) is 0 Å². The molecule has 0 spiro atoms. The van der Waals surface area contributed by atoms with Gasteiger partial charge in [-0.1, -0.05) is 42.0 Å². The maximum absolute atomic E-state index is 12.4. The summed E-state index contributed by atoms with van der Waals surface area (Å²) in [5.41, 5.74) is 6.07. The van der Waals surface area contributed by atoms with Crippen molar-refractivity contribution in [3.63, 3.8) is 0 Å². The second kappa shape index (κ2) is 6.21. The Morgan fingerprint density at radius 3 is 2.45 bits per heavy atom. The number of nitrogens with one attached hydrogen (secondary N) is 1. The van der Waals surface area contributed by atoms with Crippen LogP contribution in [0.1, 0.15) is 21.5 Å². The highest BCUT2D eigenvalue weighted by Crippen LogP contribution is 2.16. The standard InChI is InChI=1S/C16H19N3O/c1-12-7-9-13(10-8-12)11-19(2)16(20)14-5-3-4-6-15(14)18-17/h3-10,18H,11,17H2,1-2H3. The Labute approximate surface area is 119 Å². The summed E-state index contributed by atoms with van der Waals surface area (Å²) in [6, 6.07) is 15.4. The zero-order valence-electron chi connectivity index (χ0n) is 11.8. The molecule has 3 N–H and O–H groups in total. The minimum Gasteiger partial charge on any atom is -0.337 e. The Bertz CT molecular complexity index is 593. The first-order valence-electron chi connectivity index (χ1n) is 6.48. The van der Waals surface area contributed by atoms with Crippen LogP contribution in [0, 0.1) is 6.92 Å². The van der Waals surface area contributed by atoms with E-state index in [0.717, 1.165) is 5.56 Å². The highest BCUT2D eigenvalue weighted by Gasteiger charge is 2.15. The van der Waals surface area contributed by atoms with Gasteiger partial charge in [-0.2, -0.15) is 0 Å². The van der Waals surface area contributed by atoms with Gasteiger partial charge in [-0.15, -0.1) is 0 Å². The van der Waals surface area contributed by atoms with Crippen LogP contribution in [0.3, 0.4) is 0 Å². The molecule has 2 aromatic rings. The molecule has 104 valence electrons. The summed E-state index contributed by atoms with van der Waals surface area (Å²) >= 11 is 0. The molecule has 0 bridgehead atoms. The molecule has 1 amide bonds. The molecule has 2 rings (SSSR count). The monoisotopic (exact) mass is 269 g/mol. The lowest BCUT2D eigenvalue weighted by atomic mass is 10.1. The predicted molar refractivity (Wildman–Crippen MR) is 81.2 cm³/mol. The largest absolute Gasteiger partial charge is 0.337 e.